The molecule has 0 aliphatic rings. The van der Waals surface area contributed by atoms with Crippen LogP contribution in [0.25, 0.3) is 0 Å². The van der Waals surface area contributed by atoms with Gasteiger partial charge in [-0.05, 0) is 65.3 Å². The summed E-state index contributed by atoms with van der Waals surface area (Å²) in [5.74, 6) is -2.13. The minimum atomic E-state index is -4.63. The van der Waals surface area contributed by atoms with Gasteiger partial charge in [0.2, 0.25) is 0 Å². The quantitative estimate of drug-likeness (QED) is 0.141. The summed E-state index contributed by atoms with van der Waals surface area (Å²) in [7, 11) is -9.09. The molecule has 0 amide bonds. The minimum Gasteiger partial charge on any atom is -0.463 e. The Balaban J connectivity index is 5.02. The normalized spacial score (nSPS) is 14.0. The van der Waals surface area contributed by atoms with Crippen molar-refractivity contribution in [3.63, 3.8) is 0 Å². The van der Waals surface area contributed by atoms with Gasteiger partial charge in [-0.3, -0.25) is 0 Å². The summed E-state index contributed by atoms with van der Waals surface area (Å²) in [6.07, 6.45) is -2.87. The molecule has 0 atom stereocenters. The highest BCUT2D eigenvalue weighted by molar-refractivity contribution is 6.90. The zero-order chi connectivity index (χ0) is 25.4. The van der Waals surface area contributed by atoms with Gasteiger partial charge >= 0.3 is 26.9 Å². The molecule has 0 saturated carbocycles. The molecule has 0 spiro atoms. The monoisotopic (exact) mass is 534 g/mol. The van der Waals surface area contributed by atoms with Crippen molar-refractivity contribution in [1.29, 1.82) is 0 Å². The predicted octanol–water partition coefficient (Wildman–Crippen LogP) is 5.07. The van der Waals surface area contributed by atoms with Crippen LogP contribution >= 0.6 is 0 Å². The van der Waals surface area contributed by atoms with E-state index >= 15 is 0 Å². The summed E-state index contributed by atoms with van der Waals surface area (Å²) in [6, 6.07) is 0.469. The molecule has 0 aromatic rings. The van der Waals surface area contributed by atoms with Crippen molar-refractivity contribution >= 4 is 45.7 Å². The molecule has 0 saturated heterocycles. The van der Waals surface area contributed by atoms with E-state index in [9.17, 15) is 22.8 Å². The van der Waals surface area contributed by atoms with Crippen LogP contribution in [0.15, 0.2) is 12.2 Å². The zero-order valence-electron chi connectivity index (χ0n) is 20.5. The van der Waals surface area contributed by atoms with Gasteiger partial charge in [0, 0.05) is 18.2 Å². The highest BCUT2D eigenvalue weighted by Gasteiger charge is 2.49. The lowest BCUT2D eigenvalue weighted by atomic mass is 10.5. The van der Waals surface area contributed by atoms with Crippen LogP contribution in [0.4, 0.5) is 13.2 Å². The first-order chi connectivity index (χ1) is 14.1. The third kappa shape index (κ3) is 17.7. The van der Waals surface area contributed by atoms with E-state index in [4.69, 9.17) is 17.1 Å². The maximum absolute atomic E-state index is 12.0. The summed E-state index contributed by atoms with van der Waals surface area (Å²) in [4.78, 5) is 23.0. The second-order valence-electron chi connectivity index (χ2n) is 10.2. The van der Waals surface area contributed by atoms with Crippen LogP contribution in [0.5, 0.6) is 0 Å². The molecule has 0 bridgehead atoms. The van der Waals surface area contributed by atoms with Crippen LogP contribution in [0.1, 0.15) is 6.42 Å². The van der Waals surface area contributed by atoms with Gasteiger partial charge in [0.15, 0.2) is 31.6 Å². The van der Waals surface area contributed by atoms with E-state index in [2.05, 4.69) is 63.7 Å². The molecule has 0 aromatic carbocycles. The fourth-order valence-corrected chi connectivity index (χ4v) is 17.1. The smallest absolute Gasteiger partial charge is 0.463 e. The lowest BCUT2D eigenvalue weighted by Crippen LogP contribution is -2.60. The number of halogens is 3. The average molecular weight is 535 g/mol. The third-order valence-electron chi connectivity index (χ3n) is 2.99. The molecular formula is C18H37F3O7Si4. The van der Waals surface area contributed by atoms with Crippen molar-refractivity contribution in [2.24, 2.45) is 0 Å². The van der Waals surface area contributed by atoms with E-state index < -0.39 is 58.5 Å². The molecule has 0 fully saturated rings. The Morgan fingerprint density at radius 3 is 1.44 bits per heavy atom. The number of carbonyl (C=O) groups excluding carboxylic acids is 2. The molecule has 0 aliphatic carbocycles. The van der Waals surface area contributed by atoms with Crippen LogP contribution in [0.2, 0.25) is 65.0 Å². The number of alkyl halides is 3. The van der Waals surface area contributed by atoms with E-state index in [0.29, 0.717) is 18.5 Å². The van der Waals surface area contributed by atoms with E-state index in [1.165, 1.54) is 0 Å². The van der Waals surface area contributed by atoms with Crippen molar-refractivity contribution in [1.82, 2.24) is 0 Å². The van der Waals surface area contributed by atoms with Crippen LogP contribution in [-0.2, 0) is 31.4 Å². The lowest BCUT2D eigenvalue weighted by Gasteiger charge is -2.42. The number of hydrogen-bond donors (Lipinski definition) is 0. The van der Waals surface area contributed by atoms with Gasteiger partial charge in [0.1, 0.15) is 0 Å². The SMILES string of the molecule is C[Si](C)(C)O[Si](CCCOC(=O)C=CC(=O)OCC(F)(F)F)(O[Si](C)(C)C)O[Si](C)(C)C. The zero-order valence-corrected chi connectivity index (χ0v) is 24.5. The maximum atomic E-state index is 12.0. The van der Waals surface area contributed by atoms with Crippen LogP contribution in [-0.4, -0.2) is 65.1 Å². The van der Waals surface area contributed by atoms with Gasteiger partial charge in [-0.25, -0.2) is 9.59 Å². The number of rotatable bonds is 13. The minimum absolute atomic E-state index is 0.0225. The summed E-state index contributed by atoms with van der Waals surface area (Å²) < 4.78 is 64.6. The fraction of sp³-hybridized carbons (Fsp3) is 0.778. The number of carbonyl (C=O) groups is 2. The molecule has 0 rings (SSSR count). The van der Waals surface area contributed by atoms with Crippen molar-refractivity contribution in [3.05, 3.63) is 12.2 Å². The van der Waals surface area contributed by atoms with Crippen molar-refractivity contribution < 1.29 is 44.6 Å². The third-order valence-corrected chi connectivity index (χ3v) is 15.0. The second kappa shape index (κ2) is 12.1. The molecule has 7 nitrogen and oxygen atoms in total. The Bertz CT molecular complexity index is 610. The van der Waals surface area contributed by atoms with E-state index in [1.807, 2.05) is 0 Å². The van der Waals surface area contributed by atoms with Crippen molar-refractivity contribution in [2.75, 3.05) is 13.2 Å². The van der Waals surface area contributed by atoms with E-state index in [-0.39, 0.29) is 6.61 Å². The molecule has 188 valence electrons. The van der Waals surface area contributed by atoms with Gasteiger partial charge < -0.3 is 21.8 Å². The standard InChI is InChI=1S/C18H37F3O7Si4/c1-29(2,3)26-32(27-30(4,5)6,28-31(7,8)9)14-10-13-24-16(22)11-12-17(23)25-15-18(19,20)21/h11-12H,10,13-15H2,1-9H3. The highest BCUT2D eigenvalue weighted by Crippen LogP contribution is 2.29. The summed E-state index contributed by atoms with van der Waals surface area (Å²) in [5.41, 5.74) is 0. The van der Waals surface area contributed by atoms with Crippen molar-refractivity contribution in [3.8, 4) is 0 Å². The Hall–Kier alpha value is -0.782. The van der Waals surface area contributed by atoms with Gasteiger partial charge in [0.05, 0.1) is 6.61 Å². The predicted molar refractivity (Wildman–Crippen MR) is 126 cm³/mol. The van der Waals surface area contributed by atoms with Crippen LogP contribution in [0, 0.1) is 0 Å². The number of esters is 2. The molecule has 0 unspecified atom stereocenters. The van der Waals surface area contributed by atoms with Gasteiger partial charge in [-0.2, -0.15) is 13.2 Å². The molecule has 0 aliphatic heterocycles. The Morgan fingerprint density at radius 2 is 1.09 bits per heavy atom. The van der Waals surface area contributed by atoms with Crippen molar-refractivity contribution in [2.45, 2.75) is 77.6 Å². The molecule has 0 heterocycles. The first-order valence-electron chi connectivity index (χ1n) is 10.3. The summed E-state index contributed by atoms with van der Waals surface area (Å²) in [5, 5.41) is 0. The number of ether oxygens (including phenoxy) is 2. The number of hydrogen-bond acceptors (Lipinski definition) is 7. The Kier molecular flexibility index (Phi) is 11.8. The molecule has 0 aromatic heterocycles. The molecule has 0 radical (unpaired) electrons. The summed E-state index contributed by atoms with van der Waals surface area (Å²) >= 11 is 0. The topological polar surface area (TPSA) is 80.3 Å². The molecular weight excluding hydrogens is 498 g/mol. The fourth-order valence-electron chi connectivity index (χ4n) is 2.46. The Morgan fingerprint density at radius 1 is 0.719 bits per heavy atom. The van der Waals surface area contributed by atoms with Gasteiger partial charge in [-0.15, -0.1) is 0 Å². The van der Waals surface area contributed by atoms with Crippen LogP contribution in [0.3, 0.4) is 0 Å². The second-order valence-corrected chi connectivity index (χ2v) is 27.1. The largest absolute Gasteiger partial charge is 0.469 e. The molecule has 32 heavy (non-hydrogen) atoms. The maximum Gasteiger partial charge on any atom is 0.469 e. The first-order valence-corrected chi connectivity index (χ1v) is 22.5. The van der Waals surface area contributed by atoms with Gasteiger partial charge in [0.25, 0.3) is 0 Å². The summed E-state index contributed by atoms with van der Waals surface area (Å²) in [6.45, 7) is 16.9. The Labute approximate surface area is 193 Å². The van der Waals surface area contributed by atoms with Crippen LogP contribution < -0.4 is 0 Å². The van der Waals surface area contributed by atoms with E-state index in [0.717, 1.165) is 6.08 Å². The molecule has 14 heteroatoms. The van der Waals surface area contributed by atoms with E-state index in [1.54, 1.807) is 0 Å². The molecule has 0 N–H and O–H groups in total. The average Bonchev–Trinajstić information content (AvgIpc) is 2.49. The highest BCUT2D eigenvalue weighted by atomic mass is 28.5. The van der Waals surface area contributed by atoms with Gasteiger partial charge in [-0.1, -0.05) is 0 Å². The lowest BCUT2D eigenvalue weighted by molar-refractivity contribution is -0.182. The first kappa shape index (κ1) is 31.2.